The Labute approximate surface area is 129 Å². The lowest BCUT2D eigenvalue weighted by atomic mass is 10.0. The number of thiophene rings is 1. The summed E-state index contributed by atoms with van der Waals surface area (Å²) in [6.07, 6.45) is 3.63. The normalized spacial score (nSPS) is 21.6. The number of hydrogen-bond donors (Lipinski definition) is 1. The van der Waals surface area contributed by atoms with E-state index in [1.54, 1.807) is 0 Å². The van der Waals surface area contributed by atoms with E-state index >= 15 is 0 Å². The van der Waals surface area contributed by atoms with Gasteiger partial charge in [0.15, 0.2) is 0 Å². The van der Waals surface area contributed by atoms with Crippen LogP contribution in [0.25, 0.3) is 0 Å². The van der Waals surface area contributed by atoms with Crippen molar-refractivity contribution in [2.45, 2.75) is 41.7 Å². The molecule has 20 heavy (non-hydrogen) atoms. The maximum atomic E-state index is 3.76. The highest BCUT2D eigenvalue weighted by molar-refractivity contribution is 8.01. The van der Waals surface area contributed by atoms with Crippen LogP contribution in [0.15, 0.2) is 46.0 Å². The fourth-order valence-corrected chi connectivity index (χ4v) is 5.32. The van der Waals surface area contributed by atoms with Gasteiger partial charge in [-0.25, -0.2) is 0 Å². The van der Waals surface area contributed by atoms with Crippen molar-refractivity contribution in [2.75, 3.05) is 6.54 Å². The van der Waals surface area contributed by atoms with Gasteiger partial charge >= 0.3 is 0 Å². The molecule has 106 valence electrons. The summed E-state index contributed by atoms with van der Waals surface area (Å²) >= 11 is 3.93. The largest absolute Gasteiger partial charge is 0.310 e. The second-order valence-corrected chi connectivity index (χ2v) is 8.05. The summed E-state index contributed by atoms with van der Waals surface area (Å²) in [7, 11) is 0. The Morgan fingerprint density at radius 3 is 2.90 bits per heavy atom. The molecule has 2 atom stereocenters. The third-order valence-corrected chi connectivity index (χ3v) is 6.13. The minimum atomic E-state index is 0.559. The van der Waals surface area contributed by atoms with E-state index in [1.165, 1.54) is 34.6 Å². The second kappa shape index (κ2) is 6.79. The molecule has 3 rings (SSSR count). The van der Waals surface area contributed by atoms with Crippen molar-refractivity contribution in [1.82, 2.24) is 5.32 Å². The van der Waals surface area contributed by atoms with E-state index in [0.29, 0.717) is 6.04 Å². The highest BCUT2D eigenvalue weighted by Crippen LogP contribution is 2.43. The molecule has 1 aromatic carbocycles. The molecule has 2 aromatic rings. The summed E-state index contributed by atoms with van der Waals surface area (Å²) in [6, 6.07) is 13.6. The number of aryl methyl sites for hydroxylation is 1. The molecule has 1 unspecified atom stereocenters. The zero-order valence-electron chi connectivity index (χ0n) is 11.8. The van der Waals surface area contributed by atoms with Crippen LogP contribution in [0.1, 0.15) is 36.9 Å². The predicted octanol–water partition coefficient (Wildman–Crippen LogP) is 4.90. The summed E-state index contributed by atoms with van der Waals surface area (Å²) < 4.78 is 1.52. The summed E-state index contributed by atoms with van der Waals surface area (Å²) in [4.78, 5) is 0. The number of rotatable bonds is 5. The fraction of sp³-hybridized carbons (Fsp3) is 0.412. The minimum Gasteiger partial charge on any atom is -0.310 e. The molecule has 3 heteroatoms. The molecule has 0 radical (unpaired) electrons. The Bertz CT molecular complexity index is 535. The van der Waals surface area contributed by atoms with Gasteiger partial charge in [0.2, 0.25) is 0 Å². The average Bonchev–Trinajstić information content (AvgIpc) is 2.92. The molecule has 0 saturated carbocycles. The third-order valence-electron chi connectivity index (χ3n) is 3.79. The van der Waals surface area contributed by atoms with Crippen LogP contribution in [-0.2, 0) is 6.42 Å². The van der Waals surface area contributed by atoms with Crippen molar-refractivity contribution in [3.8, 4) is 0 Å². The number of fused-ring (bicyclic) bond motifs is 1. The van der Waals surface area contributed by atoms with Crippen LogP contribution >= 0.6 is 23.1 Å². The van der Waals surface area contributed by atoms with Crippen molar-refractivity contribution >= 4 is 23.1 Å². The summed E-state index contributed by atoms with van der Waals surface area (Å²) in [5.74, 6) is 0. The van der Waals surface area contributed by atoms with Gasteiger partial charge in [-0.2, -0.15) is 0 Å². The van der Waals surface area contributed by atoms with Gasteiger partial charge in [0.25, 0.3) is 0 Å². The van der Waals surface area contributed by atoms with E-state index in [1.807, 2.05) is 23.1 Å². The van der Waals surface area contributed by atoms with Gasteiger partial charge in [0.1, 0.15) is 0 Å². The van der Waals surface area contributed by atoms with Crippen LogP contribution < -0.4 is 5.32 Å². The lowest BCUT2D eigenvalue weighted by molar-refractivity contribution is 0.483. The smallest absolute Gasteiger partial charge is 0.0649 e. The molecule has 1 N–H and O–H groups in total. The first-order valence-electron chi connectivity index (χ1n) is 7.34. The first-order chi connectivity index (χ1) is 9.83. The maximum absolute atomic E-state index is 3.76. The Morgan fingerprint density at radius 2 is 2.05 bits per heavy atom. The molecule has 0 saturated heterocycles. The molecule has 0 amide bonds. The van der Waals surface area contributed by atoms with E-state index in [-0.39, 0.29) is 0 Å². The molecule has 1 nitrogen and oxygen atoms in total. The van der Waals surface area contributed by atoms with Crippen molar-refractivity contribution in [2.24, 2.45) is 0 Å². The Kier molecular flexibility index (Phi) is 4.81. The molecule has 0 aliphatic carbocycles. The Morgan fingerprint density at radius 1 is 1.20 bits per heavy atom. The minimum absolute atomic E-state index is 0.559. The van der Waals surface area contributed by atoms with Crippen molar-refractivity contribution in [1.29, 1.82) is 0 Å². The zero-order chi connectivity index (χ0) is 13.8. The maximum Gasteiger partial charge on any atom is 0.0649 e. The van der Waals surface area contributed by atoms with Crippen LogP contribution in [0.4, 0.5) is 0 Å². The van der Waals surface area contributed by atoms with Gasteiger partial charge in [-0.1, -0.05) is 37.3 Å². The van der Waals surface area contributed by atoms with E-state index in [0.717, 1.165) is 11.8 Å². The fourth-order valence-electron chi connectivity index (χ4n) is 2.76. The van der Waals surface area contributed by atoms with Crippen molar-refractivity contribution in [3.63, 3.8) is 0 Å². The standard InChI is InChI=1S/C17H21NS2/c1-13-12-16(15-9-11-19-17(15)20-13)18-10-5-8-14-6-3-2-4-7-14/h2-4,6-7,9,11,13,16,18H,5,8,10,12H2,1H3/t13-,16?/m0/s1. The number of thioether (sulfide) groups is 1. The Hall–Kier alpha value is -0.770. The molecule has 1 aromatic heterocycles. The predicted molar refractivity (Wildman–Crippen MR) is 89.8 cm³/mol. The SMILES string of the molecule is C[C@H]1CC(NCCCc2ccccc2)c2ccsc2S1. The lowest BCUT2D eigenvalue weighted by Crippen LogP contribution is -2.27. The molecule has 1 aliphatic heterocycles. The van der Waals surface area contributed by atoms with Gasteiger partial charge in [-0.15, -0.1) is 23.1 Å². The zero-order valence-corrected chi connectivity index (χ0v) is 13.5. The van der Waals surface area contributed by atoms with E-state index in [4.69, 9.17) is 0 Å². The quantitative estimate of drug-likeness (QED) is 0.789. The van der Waals surface area contributed by atoms with Gasteiger partial charge in [-0.05, 0) is 48.4 Å². The topological polar surface area (TPSA) is 12.0 Å². The number of nitrogens with one attached hydrogen (secondary N) is 1. The monoisotopic (exact) mass is 303 g/mol. The van der Waals surface area contributed by atoms with Crippen LogP contribution in [0, 0.1) is 0 Å². The summed E-state index contributed by atoms with van der Waals surface area (Å²) in [5.41, 5.74) is 2.97. The summed E-state index contributed by atoms with van der Waals surface area (Å²) in [6.45, 7) is 3.44. The average molecular weight is 303 g/mol. The van der Waals surface area contributed by atoms with Gasteiger partial charge in [-0.3, -0.25) is 0 Å². The molecule has 0 bridgehead atoms. The van der Waals surface area contributed by atoms with E-state index in [9.17, 15) is 0 Å². The van der Waals surface area contributed by atoms with Gasteiger partial charge in [0.05, 0.1) is 4.21 Å². The van der Waals surface area contributed by atoms with E-state index in [2.05, 4.69) is 54.0 Å². The molecule has 0 spiro atoms. The molecular weight excluding hydrogens is 282 g/mol. The summed E-state index contributed by atoms with van der Waals surface area (Å²) in [5, 5.41) is 6.72. The van der Waals surface area contributed by atoms with Crippen molar-refractivity contribution < 1.29 is 0 Å². The van der Waals surface area contributed by atoms with E-state index < -0.39 is 0 Å². The molecule has 2 heterocycles. The Balaban J connectivity index is 1.50. The second-order valence-electron chi connectivity index (χ2n) is 5.42. The number of hydrogen-bond acceptors (Lipinski definition) is 3. The number of benzene rings is 1. The molecule has 1 aliphatic rings. The van der Waals surface area contributed by atoms with Crippen molar-refractivity contribution in [3.05, 3.63) is 52.9 Å². The van der Waals surface area contributed by atoms with Crippen LogP contribution in [0.3, 0.4) is 0 Å². The molecule has 0 fully saturated rings. The van der Waals surface area contributed by atoms with Gasteiger partial charge < -0.3 is 5.32 Å². The van der Waals surface area contributed by atoms with Crippen LogP contribution in [0.5, 0.6) is 0 Å². The first kappa shape index (κ1) is 14.2. The molecular formula is C17H21NS2. The highest BCUT2D eigenvalue weighted by Gasteiger charge is 2.25. The highest BCUT2D eigenvalue weighted by atomic mass is 32.2. The van der Waals surface area contributed by atoms with Gasteiger partial charge in [0, 0.05) is 11.3 Å². The van der Waals surface area contributed by atoms with Crippen LogP contribution in [0.2, 0.25) is 0 Å². The first-order valence-corrected chi connectivity index (χ1v) is 9.10. The third kappa shape index (κ3) is 3.46. The lowest BCUT2D eigenvalue weighted by Gasteiger charge is -2.27. The van der Waals surface area contributed by atoms with Crippen LogP contribution in [-0.4, -0.2) is 11.8 Å².